The molecular formula is C21H26N4O2. The van der Waals surface area contributed by atoms with Crippen LogP contribution >= 0.6 is 0 Å². The highest BCUT2D eigenvalue weighted by Crippen LogP contribution is 2.33. The highest BCUT2D eigenvalue weighted by Gasteiger charge is 2.36. The van der Waals surface area contributed by atoms with Gasteiger partial charge in [0.2, 0.25) is 5.82 Å². The summed E-state index contributed by atoms with van der Waals surface area (Å²) in [5, 5.41) is 2.92. The van der Waals surface area contributed by atoms with Crippen molar-refractivity contribution in [2.45, 2.75) is 65.1 Å². The number of fused-ring (bicyclic) bond motifs is 2. The Bertz CT molecular complexity index is 900. The van der Waals surface area contributed by atoms with Gasteiger partial charge in [-0.1, -0.05) is 18.2 Å². The zero-order valence-electron chi connectivity index (χ0n) is 16.2. The Morgan fingerprint density at radius 1 is 1.22 bits per heavy atom. The number of hydrogen-bond acceptors (Lipinski definition) is 3. The van der Waals surface area contributed by atoms with Gasteiger partial charge in [0.05, 0.1) is 5.69 Å². The molecule has 2 amide bonds. The molecule has 0 saturated carbocycles. The number of nitrogens with one attached hydrogen (secondary N) is 1. The highest BCUT2D eigenvalue weighted by molar-refractivity contribution is 6.07. The van der Waals surface area contributed by atoms with Gasteiger partial charge in [-0.25, -0.2) is 4.98 Å². The van der Waals surface area contributed by atoms with Crippen LogP contribution in [-0.2, 0) is 19.4 Å². The van der Waals surface area contributed by atoms with Gasteiger partial charge in [0.25, 0.3) is 11.8 Å². The summed E-state index contributed by atoms with van der Waals surface area (Å²) in [4.78, 5) is 32.5. The largest absolute Gasteiger partial charge is 0.348 e. The fraction of sp³-hybridized carbons (Fsp3) is 0.476. The quantitative estimate of drug-likeness (QED) is 0.908. The molecule has 0 saturated heterocycles. The van der Waals surface area contributed by atoms with E-state index in [1.165, 1.54) is 5.56 Å². The highest BCUT2D eigenvalue weighted by atomic mass is 16.2. The molecule has 2 aromatic rings. The maximum Gasteiger partial charge on any atom is 0.294 e. The van der Waals surface area contributed by atoms with E-state index in [9.17, 15) is 9.59 Å². The van der Waals surface area contributed by atoms with Crippen LogP contribution in [0.25, 0.3) is 0 Å². The van der Waals surface area contributed by atoms with Gasteiger partial charge in [0.15, 0.2) is 0 Å². The summed E-state index contributed by atoms with van der Waals surface area (Å²) in [5.74, 6) is 0.0888. The Hall–Kier alpha value is -2.63. The van der Waals surface area contributed by atoms with Crippen LogP contribution in [0.15, 0.2) is 24.3 Å². The van der Waals surface area contributed by atoms with E-state index in [2.05, 4.69) is 23.3 Å². The summed E-state index contributed by atoms with van der Waals surface area (Å²) in [5.41, 5.74) is 3.44. The average molecular weight is 366 g/mol. The molecule has 3 heterocycles. The van der Waals surface area contributed by atoms with E-state index < -0.39 is 0 Å². The first-order valence-electron chi connectivity index (χ1n) is 9.79. The lowest BCUT2D eigenvalue weighted by Crippen LogP contribution is -2.37. The third-order valence-corrected chi connectivity index (χ3v) is 5.37. The predicted octanol–water partition coefficient (Wildman–Crippen LogP) is 2.95. The van der Waals surface area contributed by atoms with Crippen molar-refractivity contribution in [3.63, 3.8) is 0 Å². The number of carbonyl (C=O) groups is 2. The molecule has 6 heteroatoms. The molecule has 6 nitrogen and oxygen atoms in total. The minimum Gasteiger partial charge on any atom is -0.348 e. The van der Waals surface area contributed by atoms with Crippen LogP contribution in [0.4, 0.5) is 5.69 Å². The third-order valence-electron chi connectivity index (χ3n) is 5.37. The second kappa shape index (κ2) is 6.83. The lowest BCUT2D eigenvalue weighted by atomic mass is 10.1. The summed E-state index contributed by atoms with van der Waals surface area (Å²) in [7, 11) is 0. The van der Waals surface area contributed by atoms with E-state index in [0.717, 1.165) is 43.6 Å². The number of amides is 2. The number of aromatic nitrogens is 2. The lowest BCUT2D eigenvalue weighted by Gasteiger charge is -2.24. The number of para-hydroxylation sites is 1. The van der Waals surface area contributed by atoms with Crippen LogP contribution in [0.5, 0.6) is 0 Å². The van der Waals surface area contributed by atoms with Gasteiger partial charge in [0, 0.05) is 24.3 Å². The second-order valence-corrected chi connectivity index (χ2v) is 7.82. The van der Waals surface area contributed by atoms with E-state index in [0.29, 0.717) is 11.5 Å². The van der Waals surface area contributed by atoms with Gasteiger partial charge in [-0.15, -0.1) is 0 Å². The summed E-state index contributed by atoms with van der Waals surface area (Å²) < 4.78 is 1.97. The van der Waals surface area contributed by atoms with Crippen molar-refractivity contribution in [3.8, 4) is 0 Å². The van der Waals surface area contributed by atoms with E-state index in [4.69, 9.17) is 0 Å². The van der Waals surface area contributed by atoms with Gasteiger partial charge in [0.1, 0.15) is 5.69 Å². The lowest BCUT2D eigenvalue weighted by molar-refractivity contribution is 0.0937. The molecule has 2 aliphatic heterocycles. The minimum atomic E-state index is -0.190. The topological polar surface area (TPSA) is 67.2 Å². The van der Waals surface area contributed by atoms with Gasteiger partial charge in [-0.2, -0.15) is 0 Å². The van der Waals surface area contributed by atoms with Crippen molar-refractivity contribution in [1.29, 1.82) is 0 Å². The minimum absolute atomic E-state index is 0.0306. The van der Waals surface area contributed by atoms with Crippen molar-refractivity contribution < 1.29 is 9.59 Å². The average Bonchev–Trinajstić information content (AvgIpc) is 3.18. The van der Waals surface area contributed by atoms with Crippen molar-refractivity contribution in [3.05, 3.63) is 47.0 Å². The Balaban J connectivity index is 1.75. The fourth-order valence-electron chi connectivity index (χ4n) is 4.20. The molecule has 1 aromatic carbocycles. The molecule has 1 atom stereocenters. The Morgan fingerprint density at radius 2 is 2.00 bits per heavy atom. The Kier molecular flexibility index (Phi) is 4.50. The first kappa shape index (κ1) is 17.8. The number of hydrogen-bond donors (Lipinski definition) is 1. The van der Waals surface area contributed by atoms with Crippen molar-refractivity contribution in [1.82, 2.24) is 14.9 Å². The molecule has 1 unspecified atom stereocenters. The van der Waals surface area contributed by atoms with Crippen LogP contribution < -0.4 is 10.2 Å². The van der Waals surface area contributed by atoms with E-state index >= 15 is 0 Å². The first-order chi connectivity index (χ1) is 13.0. The maximum absolute atomic E-state index is 13.5. The molecule has 0 aliphatic carbocycles. The zero-order chi connectivity index (χ0) is 19.1. The van der Waals surface area contributed by atoms with E-state index in [1.807, 2.05) is 41.5 Å². The molecule has 0 fully saturated rings. The Labute approximate surface area is 159 Å². The number of anilines is 1. The summed E-state index contributed by atoms with van der Waals surface area (Å²) in [6.07, 6.45) is 3.65. The molecule has 4 rings (SSSR count). The summed E-state index contributed by atoms with van der Waals surface area (Å²) in [6.45, 7) is 6.65. The fourth-order valence-corrected chi connectivity index (χ4v) is 4.20. The number of nitrogens with zero attached hydrogens (tertiary/aromatic N) is 3. The monoisotopic (exact) mass is 366 g/mol. The molecule has 0 radical (unpaired) electrons. The summed E-state index contributed by atoms with van der Waals surface area (Å²) >= 11 is 0. The predicted molar refractivity (Wildman–Crippen MR) is 104 cm³/mol. The zero-order valence-corrected chi connectivity index (χ0v) is 16.2. The number of imidazole rings is 1. The normalized spacial score (nSPS) is 18.4. The molecular weight excluding hydrogens is 340 g/mol. The van der Waals surface area contributed by atoms with Crippen LogP contribution in [0.3, 0.4) is 0 Å². The van der Waals surface area contributed by atoms with Gasteiger partial charge >= 0.3 is 0 Å². The third kappa shape index (κ3) is 3.03. The Morgan fingerprint density at radius 3 is 2.78 bits per heavy atom. The van der Waals surface area contributed by atoms with Crippen molar-refractivity contribution in [2.24, 2.45) is 0 Å². The molecule has 27 heavy (non-hydrogen) atoms. The molecule has 2 aliphatic rings. The van der Waals surface area contributed by atoms with E-state index in [1.54, 1.807) is 0 Å². The SMILES string of the molecule is CC(C)NC(=O)c1nc(C(=O)N2c3ccccc3CC2C)n2c1CCCC2. The second-order valence-electron chi connectivity index (χ2n) is 7.82. The van der Waals surface area contributed by atoms with Crippen molar-refractivity contribution in [2.75, 3.05) is 4.90 Å². The first-order valence-corrected chi connectivity index (χ1v) is 9.79. The molecule has 1 N–H and O–H groups in total. The van der Waals surface area contributed by atoms with Crippen LogP contribution in [0.1, 0.15) is 66.0 Å². The number of rotatable bonds is 3. The number of benzene rings is 1. The maximum atomic E-state index is 13.5. The van der Waals surface area contributed by atoms with Gasteiger partial charge < -0.3 is 14.8 Å². The number of carbonyl (C=O) groups excluding carboxylic acids is 2. The molecule has 142 valence electrons. The standard InChI is InChI=1S/C21H26N4O2/c1-13(2)22-20(26)18-17-10-6-7-11-24(17)19(23-18)21(27)25-14(3)12-15-8-4-5-9-16(15)25/h4-5,8-9,13-14H,6-7,10-12H2,1-3H3,(H,22,26). The van der Waals surface area contributed by atoms with Gasteiger partial charge in [-0.3, -0.25) is 9.59 Å². The van der Waals surface area contributed by atoms with Gasteiger partial charge in [-0.05, 0) is 58.1 Å². The molecule has 0 bridgehead atoms. The van der Waals surface area contributed by atoms with Crippen molar-refractivity contribution >= 4 is 17.5 Å². The van der Waals surface area contributed by atoms with Crippen LogP contribution in [0.2, 0.25) is 0 Å². The molecule has 0 spiro atoms. The van der Waals surface area contributed by atoms with Crippen LogP contribution in [-0.4, -0.2) is 33.4 Å². The molecule has 1 aromatic heterocycles. The van der Waals surface area contributed by atoms with E-state index in [-0.39, 0.29) is 23.9 Å². The smallest absolute Gasteiger partial charge is 0.294 e. The summed E-state index contributed by atoms with van der Waals surface area (Å²) in [6, 6.07) is 8.14. The van der Waals surface area contributed by atoms with Crippen LogP contribution in [0, 0.1) is 0 Å².